The number of aromatic nitrogens is 2. The van der Waals surface area contributed by atoms with Crippen molar-refractivity contribution < 1.29 is 17.6 Å². The Morgan fingerprint density at radius 1 is 1.41 bits per heavy atom. The molecule has 1 aromatic rings. The molecule has 0 bridgehead atoms. The van der Waals surface area contributed by atoms with E-state index in [9.17, 15) is 17.6 Å². The maximum absolute atomic E-state index is 12.6. The van der Waals surface area contributed by atoms with E-state index in [-0.39, 0.29) is 5.82 Å². The summed E-state index contributed by atoms with van der Waals surface area (Å²) in [6.45, 7) is -1.17. The van der Waals surface area contributed by atoms with Crippen molar-refractivity contribution in [1.29, 1.82) is 0 Å². The number of rotatable bonds is 5. The van der Waals surface area contributed by atoms with Gasteiger partial charge in [-0.1, -0.05) is 0 Å². The minimum atomic E-state index is -4.08. The molecule has 8 heteroatoms. The van der Waals surface area contributed by atoms with E-state index in [4.69, 9.17) is 0 Å². The summed E-state index contributed by atoms with van der Waals surface area (Å²) in [4.78, 5) is 9.28. The van der Waals surface area contributed by atoms with Crippen molar-refractivity contribution in [2.75, 3.05) is 30.9 Å². The Kier molecular flexibility index (Phi) is 4.08. The van der Waals surface area contributed by atoms with Gasteiger partial charge in [0.2, 0.25) is 5.95 Å². The fraction of sp³-hybridized carbons (Fsp3) is 0.556. The van der Waals surface area contributed by atoms with Crippen LogP contribution in [0.15, 0.2) is 12.3 Å². The summed E-state index contributed by atoms with van der Waals surface area (Å²) in [5.41, 5.74) is 0. The topological polar surface area (TPSA) is 41.1 Å². The van der Waals surface area contributed by atoms with Crippen molar-refractivity contribution in [3.8, 4) is 0 Å². The second-order valence-corrected chi connectivity index (χ2v) is 3.55. The van der Waals surface area contributed by atoms with Crippen LogP contribution in [0.25, 0.3) is 0 Å². The van der Waals surface area contributed by atoms with E-state index in [1.165, 1.54) is 12.3 Å². The summed E-state index contributed by atoms with van der Waals surface area (Å²) in [6.07, 6.45) is -2.35. The van der Waals surface area contributed by atoms with Gasteiger partial charge < -0.3 is 10.2 Å². The molecule has 0 spiro atoms. The number of nitrogens with zero attached hydrogens (tertiary/aromatic N) is 3. The largest absolute Gasteiger partial charge is 0.364 e. The molecular weight excluding hydrogens is 240 g/mol. The van der Waals surface area contributed by atoms with Gasteiger partial charge in [0.1, 0.15) is 5.82 Å². The Bertz CT molecular complexity index is 370. The van der Waals surface area contributed by atoms with E-state index in [0.29, 0.717) is 5.95 Å². The molecule has 0 aliphatic heterocycles. The number of halogens is 4. The first-order valence-electron chi connectivity index (χ1n) is 4.73. The molecule has 0 saturated heterocycles. The molecule has 1 rings (SSSR count). The molecule has 0 unspecified atom stereocenters. The van der Waals surface area contributed by atoms with Crippen molar-refractivity contribution >= 4 is 11.8 Å². The lowest BCUT2D eigenvalue weighted by Crippen LogP contribution is -2.35. The van der Waals surface area contributed by atoms with Gasteiger partial charge in [-0.15, -0.1) is 0 Å². The van der Waals surface area contributed by atoms with Gasteiger partial charge in [0, 0.05) is 20.3 Å². The van der Waals surface area contributed by atoms with E-state index in [1.807, 2.05) is 0 Å². The van der Waals surface area contributed by atoms with E-state index in [1.54, 1.807) is 19.0 Å². The third-order valence-electron chi connectivity index (χ3n) is 1.87. The lowest BCUT2D eigenvalue weighted by Gasteiger charge is -2.17. The van der Waals surface area contributed by atoms with Crippen LogP contribution in [0.1, 0.15) is 0 Å². The van der Waals surface area contributed by atoms with E-state index < -0.39 is 18.9 Å². The SMILES string of the molecule is CN(C)c1nccc(NCC(F)(F)C(F)F)n1. The zero-order valence-electron chi connectivity index (χ0n) is 9.29. The third kappa shape index (κ3) is 3.72. The van der Waals surface area contributed by atoms with Crippen molar-refractivity contribution in [2.45, 2.75) is 12.3 Å². The monoisotopic (exact) mass is 252 g/mol. The zero-order chi connectivity index (χ0) is 13.1. The van der Waals surface area contributed by atoms with Crippen LogP contribution in [0.2, 0.25) is 0 Å². The lowest BCUT2D eigenvalue weighted by molar-refractivity contribution is -0.117. The highest BCUT2D eigenvalue weighted by molar-refractivity contribution is 5.40. The zero-order valence-corrected chi connectivity index (χ0v) is 9.29. The van der Waals surface area contributed by atoms with E-state index >= 15 is 0 Å². The van der Waals surface area contributed by atoms with Crippen molar-refractivity contribution in [1.82, 2.24) is 9.97 Å². The molecule has 1 aromatic heterocycles. The number of alkyl halides is 4. The summed E-state index contributed by atoms with van der Waals surface area (Å²) in [5.74, 6) is -3.71. The first kappa shape index (κ1) is 13.5. The van der Waals surface area contributed by atoms with Gasteiger partial charge in [-0.2, -0.15) is 13.8 Å². The van der Waals surface area contributed by atoms with Gasteiger partial charge in [-0.05, 0) is 6.07 Å². The number of hydrogen-bond donors (Lipinski definition) is 1. The molecule has 1 heterocycles. The fourth-order valence-corrected chi connectivity index (χ4v) is 0.948. The number of nitrogens with one attached hydrogen (secondary N) is 1. The van der Waals surface area contributed by atoms with Gasteiger partial charge in [-0.25, -0.2) is 13.8 Å². The Labute approximate surface area is 95.7 Å². The highest BCUT2D eigenvalue weighted by Crippen LogP contribution is 2.23. The molecule has 0 aliphatic rings. The molecule has 1 N–H and O–H groups in total. The fourth-order valence-electron chi connectivity index (χ4n) is 0.948. The van der Waals surface area contributed by atoms with Gasteiger partial charge in [-0.3, -0.25) is 0 Å². The second kappa shape index (κ2) is 5.15. The second-order valence-electron chi connectivity index (χ2n) is 3.55. The quantitative estimate of drug-likeness (QED) is 0.812. The summed E-state index contributed by atoms with van der Waals surface area (Å²) in [7, 11) is 3.35. The molecular formula is C9H12F4N4. The van der Waals surface area contributed by atoms with Crippen LogP contribution in [-0.4, -0.2) is 43.0 Å². The highest BCUT2D eigenvalue weighted by atomic mass is 19.3. The van der Waals surface area contributed by atoms with Gasteiger partial charge >= 0.3 is 12.3 Å². The Balaban J connectivity index is 2.67. The molecule has 0 fully saturated rings. The summed E-state index contributed by atoms with van der Waals surface area (Å²) in [5, 5.41) is 2.15. The van der Waals surface area contributed by atoms with Crippen molar-refractivity contribution in [2.24, 2.45) is 0 Å². The van der Waals surface area contributed by atoms with E-state index in [0.717, 1.165) is 0 Å². The Morgan fingerprint density at radius 3 is 2.59 bits per heavy atom. The number of anilines is 2. The predicted octanol–water partition coefficient (Wildman–Crippen LogP) is 1.85. The molecule has 0 saturated carbocycles. The first-order chi connectivity index (χ1) is 7.83. The molecule has 96 valence electrons. The minimum Gasteiger partial charge on any atom is -0.364 e. The molecule has 4 nitrogen and oxygen atoms in total. The van der Waals surface area contributed by atoms with Gasteiger partial charge in [0.05, 0.1) is 6.54 Å². The molecule has 17 heavy (non-hydrogen) atoms. The van der Waals surface area contributed by atoms with Crippen LogP contribution < -0.4 is 10.2 Å². The average molecular weight is 252 g/mol. The summed E-state index contributed by atoms with van der Waals surface area (Å²) < 4.78 is 49.0. The van der Waals surface area contributed by atoms with Crippen molar-refractivity contribution in [3.05, 3.63) is 12.3 Å². The highest BCUT2D eigenvalue weighted by Gasteiger charge is 2.40. The lowest BCUT2D eigenvalue weighted by atomic mass is 10.3. The van der Waals surface area contributed by atoms with Crippen molar-refractivity contribution in [3.63, 3.8) is 0 Å². The third-order valence-corrected chi connectivity index (χ3v) is 1.87. The predicted molar refractivity (Wildman–Crippen MR) is 55.8 cm³/mol. The van der Waals surface area contributed by atoms with Gasteiger partial charge in [0.15, 0.2) is 0 Å². The van der Waals surface area contributed by atoms with Crippen LogP contribution in [-0.2, 0) is 0 Å². The molecule has 0 aromatic carbocycles. The molecule has 0 atom stereocenters. The Hall–Kier alpha value is -1.60. The average Bonchev–Trinajstić information content (AvgIpc) is 2.26. The first-order valence-corrected chi connectivity index (χ1v) is 4.73. The maximum Gasteiger partial charge on any atom is 0.324 e. The van der Waals surface area contributed by atoms with Gasteiger partial charge in [0.25, 0.3) is 0 Å². The maximum atomic E-state index is 12.6. The van der Waals surface area contributed by atoms with Crippen LogP contribution in [0, 0.1) is 0 Å². The van der Waals surface area contributed by atoms with Crippen LogP contribution in [0.4, 0.5) is 29.3 Å². The standard InChI is InChI=1S/C9H12F4N4/c1-17(2)8-14-4-3-6(16-8)15-5-9(12,13)7(10)11/h3-4,7H,5H2,1-2H3,(H,14,15,16). The smallest absolute Gasteiger partial charge is 0.324 e. The Morgan fingerprint density at radius 2 is 2.06 bits per heavy atom. The molecule has 0 aliphatic carbocycles. The molecule has 0 amide bonds. The van der Waals surface area contributed by atoms with E-state index in [2.05, 4.69) is 15.3 Å². The van der Waals surface area contributed by atoms with Crippen LogP contribution >= 0.6 is 0 Å². The van der Waals surface area contributed by atoms with Crippen LogP contribution in [0.5, 0.6) is 0 Å². The normalized spacial score (nSPS) is 11.7. The summed E-state index contributed by atoms with van der Waals surface area (Å²) in [6, 6.07) is 1.33. The number of hydrogen-bond acceptors (Lipinski definition) is 4. The summed E-state index contributed by atoms with van der Waals surface area (Å²) >= 11 is 0. The molecule has 0 radical (unpaired) electrons. The minimum absolute atomic E-state index is 0.0732. The van der Waals surface area contributed by atoms with Crippen LogP contribution in [0.3, 0.4) is 0 Å².